The maximum absolute atomic E-state index is 15.0. The number of anilines is 1. The number of fused-ring (bicyclic) bond motifs is 2. The van der Waals surface area contributed by atoms with E-state index in [-0.39, 0.29) is 17.8 Å². The quantitative estimate of drug-likeness (QED) is 0.684. The number of halogens is 1. The van der Waals surface area contributed by atoms with Gasteiger partial charge in [0.2, 0.25) is 0 Å². The number of aromatic nitrogens is 5. The van der Waals surface area contributed by atoms with E-state index in [0.717, 1.165) is 25.7 Å². The van der Waals surface area contributed by atoms with Crippen LogP contribution in [0.25, 0.3) is 16.9 Å². The summed E-state index contributed by atoms with van der Waals surface area (Å²) in [4.78, 5) is 1.90. The molecular weight excluding hydrogens is 385 g/mol. The van der Waals surface area contributed by atoms with Crippen LogP contribution < -0.4 is 10.2 Å². The number of phenolic OH excluding ortho intramolecular Hbond substituents is 1. The Balaban J connectivity index is 1.35. The molecule has 2 bridgehead atoms. The van der Waals surface area contributed by atoms with Crippen molar-refractivity contribution in [2.45, 2.75) is 50.0 Å². The molecule has 156 valence electrons. The largest absolute Gasteiger partial charge is 0.507 e. The van der Waals surface area contributed by atoms with E-state index in [9.17, 15) is 5.11 Å². The summed E-state index contributed by atoms with van der Waals surface area (Å²) in [6, 6.07) is 8.92. The molecule has 2 aliphatic rings. The van der Waals surface area contributed by atoms with Crippen molar-refractivity contribution in [1.82, 2.24) is 30.5 Å². The Kier molecular flexibility index (Phi) is 4.82. The third-order valence-corrected chi connectivity index (χ3v) is 6.25. The number of phenols is 1. The summed E-state index contributed by atoms with van der Waals surface area (Å²) in [6.45, 7) is 0. The first-order chi connectivity index (χ1) is 14.6. The van der Waals surface area contributed by atoms with Crippen molar-refractivity contribution in [2.75, 3.05) is 11.9 Å². The highest BCUT2D eigenvalue weighted by Crippen LogP contribution is 2.33. The molecule has 30 heavy (non-hydrogen) atoms. The number of rotatable bonds is 4. The molecule has 0 amide bonds. The number of hydrogen-bond donors (Lipinski definition) is 2. The Bertz CT molecular complexity index is 1010. The van der Waals surface area contributed by atoms with Crippen LogP contribution in [0.2, 0.25) is 0 Å². The average Bonchev–Trinajstić information content (AvgIpc) is 3.31. The lowest BCUT2D eigenvalue weighted by Crippen LogP contribution is -2.61. The molecule has 3 aromatic rings. The van der Waals surface area contributed by atoms with Gasteiger partial charge in [-0.3, -0.25) is 0 Å². The van der Waals surface area contributed by atoms with E-state index in [4.69, 9.17) is 0 Å². The van der Waals surface area contributed by atoms with Gasteiger partial charge in [0.15, 0.2) is 5.82 Å². The molecule has 4 heterocycles. The number of nitrogens with zero attached hydrogens (tertiary/aromatic N) is 6. The Labute approximate surface area is 173 Å². The third kappa shape index (κ3) is 3.39. The summed E-state index contributed by atoms with van der Waals surface area (Å²) in [6.07, 6.45) is 6.18. The molecule has 2 unspecified atom stereocenters. The van der Waals surface area contributed by atoms with Crippen LogP contribution in [0.4, 0.5) is 10.2 Å². The molecule has 2 saturated heterocycles. The second-order valence-corrected chi connectivity index (χ2v) is 8.09. The highest BCUT2D eigenvalue weighted by Gasteiger charge is 2.41. The van der Waals surface area contributed by atoms with Crippen LogP contribution in [0.5, 0.6) is 5.75 Å². The number of nitrogens with one attached hydrogen (secondary N) is 1. The minimum absolute atomic E-state index is 0.0716. The van der Waals surface area contributed by atoms with Gasteiger partial charge in [-0.2, -0.15) is 0 Å². The lowest BCUT2D eigenvalue weighted by atomic mass is 9.82. The summed E-state index contributed by atoms with van der Waals surface area (Å²) in [5.41, 5.74) is 1.82. The first kappa shape index (κ1) is 18.9. The van der Waals surface area contributed by atoms with E-state index in [1.165, 1.54) is 0 Å². The van der Waals surface area contributed by atoms with Crippen LogP contribution in [0.1, 0.15) is 25.7 Å². The molecule has 2 N–H and O–H groups in total. The van der Waals surface area contributed by atoms with Gasteiger partial charge >= 0.3 is 0 Å². The molecule has 2 aromatic heterocycles. The van der Waals surface area contributed by atoms with Crippen molar-refractivity contribution in [3.63, 3.8) is 0 Å². The highest BCUT2D eigenvalue weighted by atomic mass is 19.1. The van der Waals surface area contributed by atoms with E-state index in [0.29, 0.717) is 28.8 Å². The normalized spacial score (nSPS) is 25.8. The lowest BCUT2D eigenvalue weighted by Gasteiger charge is -2.46. The predicted molar refractivity (Wildman–Crippen MR) is 110 cm³/mol. The topological polar surface area (TPSA) is 92.0 Å². The zero-order valence-electron chi connectivity index (χ0n) is 16.7. The third-order valence-electron chi connectivity index (χ3n) is 6.25. The predicted octanol–water partition coefficient (Wildman–Crippen LogP) is 2.49. The van der Waals surface area contributed by atoms with Gasteiger partial charge in [0.25, 0.3) is 0 Å². The first-order valence-electron chi connectivity index (χ1n) is 10.3. The fraction of sp³-hybridized carbons (Fsp3) is 0.429. The maximum atomic E-state index is 15.0. The summed E-state index contributed by atoms with van der Waals surface area (Å²) in [7, 11) is 1.88. The van der Waals surface area contributed by atoms with Gasteiger partial charge in [0.1, 0.15) is 11.9 Å². The molecule has 0 radical (unpaired) electrons. The smallest absolute Gasteiger partial charge is 0.151 e. The van der Waals surface area contributed by atoms with E-state index in [1.807, 2.05) is 24.1 Å². The molecule has 0 saturated carbocycles. The van der Waals surface area contributed by atoms with Gasteiger partial charge in [-0.05, 0) is 43.5 Å². The van der Waals surface area contributed by atoms with Crippen LogP contribution in [0.3, 0.4) is 0 Å². The number of alkyl halides is 1. The summed E-state index contributed by atoms with van der Waals surface area (Å²) in [5, 5.41) is 30.2. The molecule has 8 nitrogen and oxygen atoms in total. The summed E-state index contributed by atoms with van der Waals surface area (Å²) < 4.78 is 16.6. The summed E-state index contributed by atoms with van der Waals surface area (Å²) in [5.74, 6) is 0.707. The first-order valence-corrected chi connectivity index (χ1v) is 10.3. The molecule has 2 aliphatic heterocycles. The van der Waals surface area contributed by atoms with Gasteiger partial charge in [-0.15, -0.1) is 15.3 Å². The molecule has 5 rings (SSSR count). The zero-order valence-corrected chi connectivity index (χ0v) is 16.7. The van der Waals surface area contributed by atoms with Crippen molar-refractivity contribution >= 4 is 5.82 Å². The number of benzene rings is 1. The fourth-order valence-electron chi connectivity index (χ4n) is 4.60. The minimum Gasteiger partial charge on any atom is -0.507 e. The van der Waals surface area contributed by atoms with Crippen molar-refractivity contribution in [3.8, 4) is 22.7 Å². The number of piperidine rings is 2. The van der Waals surface area contributed by atoms with Crippen molar-refractivity contribution in [3.05, 3.63) is 42.7 Å². The standard InChI is InChI=1S/C21H24FN7O/c1-28(18-11-13-3-2-4-17(24-13)21(18)22)20-8-7-16(25-26-20)15-6-5-14(12-19(15)30)29-10-9-23-27-29/h5-10,12-13,17-18,21,24,30H,2-4,11H2,1H3/t13?,17?,18-,21+/m0/s1. The minimum atomic E-state index is -0.929. The SMILES string of the molecule is CN(c1ccc(-c2ccc(-n3ccnn3)cc2O)nn1)[C@H]1CC2CCCC(N2)[C@H]1F. The van der Waals surface area contributed by atoms with Crippen molar-refractivity contribution < 1.29 is 9.50 Å². The van der Waals surface area contributed by atoms with Crippen LogP contribution in [0, 0.1) is 0 Å². The van der Waals surface area contributed by atoms with Crippen molar-refractivity contribution in [1.29, 1.82) is 0 Å². The molecule has 0 aliphatic carbocycles. The molecule has 2 fully saturated rings. The zero-order chi connectivity index (χ0) is 20.7. The van der Waals surface area contributed by atoms with Gasteiger partial charge in [-0.1, -0.05) is 11.6 Å². The van der Waals surface area contributed by atoms with Gasteiger partial charge in [-0.25, -0.2) is 9.07 Å². The van der Waals surface area contributed by atoms with E-state index in [2.05, 4.69) is 25.8 Å². The molecule has 4 atom stereocenters. The van der Waals surface area contributed by atoms with Gasteiger partial charge in [0.05, 0.1) is 29.8 Å². The van der Waals surface area contributed by atoms with Gasteiger partial charge in [0, 0.05) is 30.8 Å². The molecule has 0 spiro atoms. The number of aromatic hydroxyl groups is 1. The second kappa shape index (κ2) is 7.64. The van der Waals surface area contributed by atoms with Crippen LogP contribution in [0.15, 0.2) is 42.7 Å². The average molecular weight is 409 g/mol. The van der Waals surface area contributed by atoms with Gasteiger partial charge < -0.3 is 15.3 Å². The van der Waals surface area contributed by atoms with Crippen LogP contribution in [-0.4, -0.2) is 61.6 Å². The maximum Gasteiger partial charge on any atom is 0.151 e. The second-order valence-electron chi connectivity index (χ2n) is 8.09. The Morgan fingerprint density at radius 1 is 1.20 bits per heavy atom. The van der Waals surface area contributed by atoms with E-state index in [1.54, 1.807) is 35.3 Å². The monoisotopic (exact) mass is 409 g/mol. The Hall–Kier alpha value is -3.07. The molecule has 9 heteroatoms. The van der Waals surface area contributed by atoms with Crippen LogP contribution in [-0.2, 0) is 0 Å². The Morgan fingerprint density at radius 3 is 2.83 bits per heavy atom. The lowest BCUT2D eigenvalue weighted by molar-refractivity contribution is 0.107. The fourth-order valence-corrected chi connectivity index (χ4v) is 4.60. The summed E-state index contributed by atoms with van der Waals surface area (Å²) >= 11 is 0. The highest BCUT2D eigenvalue weighted by molar-refractivity contribution is 5.69. The van der Waals surface area contributed by atoms with Crippen molar-refractivity contribution in [2.24, 2.45) is 0 Å². The van der Waals surface area contributed by atoms with E-state index < -0.39 is 6.17 Å². The molecule has 1 aromatic carbocycles. The van der Waals surface area contributed by atoms with Crippen LogP contribution >= 0.6 is 0 Å². The molecular formula is C21H24FN7O. The number of hydrogen-bond acceptors (Lipinski definition) is 7. The Morgan fingerprint density at radius 2 is 2.10 bits per heavy atom. The van der Waals surface area contributed by atoms with E-state index >= 15 is 4.39 Å².